The van der Waals surface area contributed by atoms with Crippen LogP contribution in [0.3, 0.4) is 0 Å². The molecular weight excluding hydrogens is 492 g/mol. The summed E-state index contributed by atoms with van der Waals surface area (Å²) in [4.78, 5) is 30.8. The van der Waals surface area contributed by atoms with E-state index in [2.05, 4.69) is 10.3 Å². The van der Waals surface area contributed by atoms with Gasteiger partial charge in [-0.3, -0.25) is 14.6 Å². The minimum atomic E-state index is -0.805. The third kappa shape index (κ3) is 5.52. The second-order valence-corrected chi connectivity index (χ2v) is 9.46. The number of hydrogen-bond donors (Lipinski definition) is 2. The van der Waals surface area contributed by atoms with Crippen molar-refractivity contribution in [3.05, 3.63) is 52.9 Å². The molecule has 0 aliphatic heterocycles. The van der Waals surface area contributed by atoms with Gasteiger partial charge in [0.25, 0.3) is 0 Å². The number of ketones is 1. The molecule has 2 aromatic carbocycles. The van der Waals surface area contributed by atoms with Crippen LogP contribution in [0.4, 0.5) is 10.1 Å². The van der Waals surface area contributed by atoms with Crippen molar-refractivity contribution in [2.75, 3.05) is 19.4 Å². The SMILES string of the molecule is CC(=O)c1cnc2ccc(-c3cc(F)c(O)c(Cl)c3)cc2c1N[C@H]1CC[C@H](C(=O)N(C)C)CC1.Cl. The van der Waals surface area contributed by atoms with Crippen LogP contribution >= 0.6 is 24.0 Å². The largest absolute Gasteiger partial charge is 0.504 e. The molecule has 2 N–H and O–H groups in total. The standard InChI is InChI=1S/C26H27ClFN3O3.ClH/c1-14(32)20-13-29-23-9-6-16(17-11-21(27)25(33)22(28)12-17)10-19(23)24(20)30-18-7-4-15(5-8-18)26(34)31(2)3;/h6,9-13,15,18,33H,4-5,7-8H2,1-3H3,(H,29,30);1H/t15-,18-;. The quantitative estimate of drug-likeness (QED) is 0.399. The first kappa shape index (κ1) is 26.7. The highest BCUT2D eigenvalue weighted by molar-refractivity contribution is 6.32. The van der Waals surface area contributed by atoms with Crippen LogP contribution < -0.4 is 5.32 Å². The molecule has 0 spiro atoms. The Morgan fingerprint density at radius 2 is 1.80 bits per heavy atom. The molecule has 1 aromatic heterocycles. The lowest BCUT2D eigenvalue weighted by molar-refractivity contribution is -0.133. The Morgan fingerprint density at radius 1 is 1.11 bits per heavy atom. The molecule has 9 heteroatoms. The number of amides is 1. The molecule has 0 radical (unpaired) electrons. The van der Waals surface area contributed by atoms with Crippen LogP contribution in [0, 0.1) is 11.7 Å². The van der Waals surface area contributed by atoms with Crippen LogP contribution in [0.1, 0.15) is 43.0 Å². The molecule has 4 rings (SSSR count). The molecule has 0 atom stereocenters. The number of anilines is 1. The number of phenols is 1. The Labute approximate surface area is 214 Å². The van der Waals surface area contributed by atoms with E-state index in [-0.39, 0.29) is 41.1 Å². The van der Waals surface area contributed by atoms with E-state index in [1.54, 1.807) is 31.3 Å². The number of hydrogen-bond acceptors (Lipinski definition) is 5. The van der Waals surface area contributed by atoms with Gasteiger partial charge in [0, 0.05) is 37.6 Å². The molecule has 0 unspecified atom stereocenters. The number of fused-ring (bicyclic) bond motifs is 1. The number of halogens is 3. The van der Waals surface area contributed by atoms with Crippen molar-refractivity contribution in [1.29, 1.82) is 0 Å². The zero-order valence-corrected chi connectivity index (χ0v) is 21.3. The van der Waals surface area contributed by atoms with Crippen LogP contribution in [0.5, 0.6) is 5.75 Å². The molecule has 35 heavy (non-hydrogen) atoms. The molecule has 1 saturated carbocycles. The molecule has 6 nitrogen and oxygen atoms in total. The van der Waals surface area contributed by atoms with Crippen molar-refractivity contribution in [1.82, 2.24) is 9.88 Å². The molecule has 186 valence electrons. The van der Waals surface area contributed by atoms with Crippen LogP contribution in [-0.2, 0) is 4.79 Å². The van der Waals surface area contributed by atoms with Crippen molar-refractivity contribution >= 4 is 52.3 Å². The zero-order chi connectivity index (χ0) is 24.6. The van der Waals surface area contributed by atoms with Gasteiger partial charge in [-0.2, -0.15) is 0 Å². The summed E-state index contributed by atoms with van der Waals surface area (Å²) in [7, 11) is 3.55. The van der Waals surface area contributed by atoms with Crippen molar-refractivity contribution < 1.29 is 19.1 Å². The fourth-order valence-electron chi connectivity index (χ4n) is 4.58. The number of carbonyl (C=O) groups is 2. The number of aromatic nitrogens is 1. The van der Waals surface area contributed by atoms with Crippen molar-refractivity contribution in [2.24, 2.45) is 5.92 Å². The van der Waals surface area contributed by atoms with E-state index < -0.39 is 11.6 Å². The third-order valence-electron chi connectivity index (χ3n) is 6.46. The smallest absolute Gasteiger partial charge is 0.225 e. The lowest BCUT2D eigenvalue weighted by Crippen LogP contribution is -2.35. The van der Waals surface area contributed by atoms with Gasteiger partial charge in [0.2, 0.25) is 5.91 Å². The van der Waals surface area contributed by atoms with Crippen LogP contribution in [-0.4, -0.2) is 46.8 Å². The number of carbonyl (C=O) groups excluding carboxylic acids is 2. The third-order valence-corrected chi connectivity index (χ3v) is 6.75. The number of rotatable bonds is 5. The second-order valence-electron chi connectivity index (χ2n) is 9.05. The number of Topliss-reactive ketones (excluding diaryl/α,β-unsaturated/α-hetero) is 1. The Hall–Kier alpha value is -2.90. The van der Waals surface area contributed by atoms with E-state index >= 15 is 0 Å². The van der Waals surface area contributed by atoms with Gasteiger partial charge in [-0.05, 0) is 68.0 Å². The average molecular weight is 520 g/mol. The number of pyridine rings is 1. The van der Waals surface area contributed by atoms with Crippen LogP contribution in [0.25, 0.3) is 22.0 Å². The summed E-state index contributed by atoms with van der Waals surface area (Å²) in [5.74, 6) is -1.33. The van der Waals surface area contributed by atoms with Gasteiger partial charge in [-0.15, -0.1) is 12.4 Å². The zero-order valence-electron chi connectivity index (χ0n) is 19.8. The minimum Gasteiger partial charge on any atom is -0.504 e. The van der Waals surface area contributed by atoms with E-state index in [4.69, 9.17) is 11.6 Å². The number of benzene rings is 2. The highest BCUT2D eigenvalue weighted by atomic mass is 35.5. The number of nitrogens with one attached hydrogen (secondary N) is 1. The lowest BCUT2D eigenvalue weighted by Gasteiger charge is -2.31. The molecule has 1 heterocycles. The van der Waals surface area contributed by atoms with Gasteiger partial charge in [-0.1, -0.05) is 17.7 Å². The van der Waals surface area contributed by atoms with Gasteiger partial charge in [0.05, 0.1) is 21.8 Å². The predicted octanol–water partition coefficient (Wildman–Crippen LogP) is 6.08. The maximum Gasteiger partial charge on any atom is 0.225 e. The molecule has 1 amide bonds. The van der Waals surface area contributed by atoms with Gasteiger partial charge >= 0.3 is 0 Å². The first-order valence-corrected chi connectivity index (χ1v) is 11.6. The second kappa shape index (κ2) is 10.8. The van der Waals surface area contributed by atoms with E-state index in [1.165, 1.54) is 19.1 Å². The highest BCUT2D eigenvalue weighted by Gasteiger charge is 2.28. The molecule has 1 aliphatic rings. The normalized spacial score (nSPS) is 17.5. The fourth-order valence-corrected chi connectivity index (χ4v) is 4.79. The summed E-state index contributed by atoms with van der Waals surface area (Å²) < 4.78 is 14.1. The number of nitrogens with zero attached hydrogens (tertiary/aromatic N) is 2. The number of aromatic hydroxyl groups is 1. The monoisotopic (exact) mass is 519 g/mol. The lowest BCUT2D eigenvalue weighted by atomic mass is 9.85. The topological polar surface area (TPSA) is 82.5 Å². The van der Waals surface area contributed by atoms with Gasteiger partial charge in [0.1, 0.15) is 0 Å². The van der Waals surface area contributed by atoms with E-state index in [1.807, 2.05) is 12.1 Å². The summed E-state index contributed by atoms with van der Waals surface area (Å²) in [6.07, 6.45) is 4.76. The summed E-state index contributed by atoms with van der Waals surface area (Å²) in [5.41, 5.74) is 3.04. The first-order chi connectivity index (χ1) is 16.2. The van der Waals surface area contributed by atoms with Crippen LogP contribution in [0.2, 0.25) is 5.02 Å². The van der Waals surface area contributed by atoms with Crippen LogP contribution in [0.15, 0.2) is 36.5 Å². The number of phenolic OH excluding ortho intramolecular Hbond substituents is 1. The van der Waals surface area contributed by atoms with Crippen molar-refractivity contribution in [2.45, 2.75) is 38.6 Å². The van der Waals surface area contributed by atoms with E-state index in [0.29, 0.717) is 27.9 Å². The Bertz CT molecular complexity index is 1250. The summed E-state index contributed by atoms with van der Waals surface area (Å²) in [6, 6.07) is 8.29. The predicted molar refractivity (Wildman–Crippen MR) is 139 cm³/mol. The Kier molecular flexibility index (Phi) is 8.23. The molecule has 1 aliphatic carbocycles. The molecular formula is C26H28Cl2FN3O3. The summed E-state index contributed by atoms with van der Waals surface area (Å²) in [5, 5.41) is 13.9. The maximum atomic E-state index is 14.1. The van der Waals surface area contributed by atoms with E-state index in [9.17, 15) is 19.1 Å². The van der Waals surface area contributed by atoms with E-state index in [0.717, 1.165) is 31.1 Å². The average Bonchev–Trinajstić information content (AvgIpc) is 2.81. The molecule has 0 bridgehead atoms. The van der Waals surface area contributed by atoms with Gasteiger partial charge < -0.3 is 15.3 Å². The fraction of sp³-hybridized carbons (Fsp3) is 0.346. The molecule has 0 saturated heterocycles. The minimum absolute atomic E-state index is 0. The van der Waals surface area contributed by atoms with Gasteiger partial charge in [-0.25, -0.2) is 4.39 Å². The highest BCUT2D eigenvalue weighted by Crippen LogP contribution is 2.36. The van der Waals surface area contributed by atoms with Gasteiger partial charge in [0.15, 0.2) is 17.3 Å². The maximum absolute atomic E-state index is 14.1. The first-order valence-electron chi connectivity index (χ1n) is 11.3. The summed E-state index contributed by atoms with van der Waals surface area (Å²) >= 11 is 5.98. The van der Waals surface area contributed by atoms with Crippen molar-refractivity contribution in [3.8, 4) is 16.9 Å². The Balaban J connectivity index is 0.00000342. The molecule has 1 fully saturated rings. The summed E-state index contributed by atoms with van der Waals surface area (Å²) in [6.45, 7) is 1.50. The van der Waals surface area contributed by atoms with Crippen molar-refractivity contribution in [3.63, 3.8) is 0 Å². The molecule has 3 aromatic rings. The Morgan fingerprint density at radius 3 is 2.40 bits per heavy atom.